The van der Waals surface area contributed by atoms with E-state index in [4.69, 9.17) is 33.7 Å². The van der Waals surface area contributed by atoms with Crippen molar-refractivity contribution in [1.29, 1.82) is 0 Å². The second kappa shape index (κ2) is 10.3. The van der Waals surface area contributed by atoms with Crippen molar-refractivity contribution < 1.29 is 37.5 Å². The maximum atomic E-state index is 12.5. The number of rotatable bonds is 10. The first-order chi connectivity index (χ1) is 13.0. The Hall–Kier alpha value is -0.0900. The van der Waals surface area contributed by atoms with Crippen LogP contribution in [-0.4, -0.2) is 73.0 Å². The SMILES string of the molecule is CC(C)OC[C@H]1O[C@@H](C)C(N)[C@H]1OP(=O)(O)OCC1O[C@@H](C)C[C@H]1OC(C)C. The van der Waals surface area contributed by atoms with Gasteiger partial charge in [-0.15, -0.1) is 0 Å². The molecule has 2 heterocycles. The third kappa shape index (κ3) is 7.00. The number of ether oxygens (including phenoxy) is 4. The van der Waals surface area contributed by atoms with Gasteiger partial charge in [-0.25, -0.2) is 4.57 Å². The molecule has 3 N–H and O–H groups in total. The van der Waals surface area contributed by atoms with Crippen LogP contribution in [0.3, 0.4) is 0 Å². The molecule has 9 nitrogen and oxygen atoms in total. The van der Waals surface area contributed by atoms with Gasteiger partial charge in [0.1, 0.15) is 18.3 Å². The minimum Gasteiger partial charge on any atom is -0.376 e. The highest BCUT2D eigenvalue weighted by Gasteiger charge is 2.46. The Morgan fingerprint density at radius 1 is 1.11 bits per heavy atom. The molecule has 0 spiro atoms. The van der Waals surface area contributed by atoms with Gasteiger partial charge in [0.05, 0.1) is 49.8 Å². The molecule has 0 aromatic heterocycles. The smallest absolute Gasteiger partial charge is 0.376 e. The zero-order valence-corrected chi connectivity index (χ0v) is 18.5. The van der Waals surface area contributed by atoms with E-state index in [0.29, 0.717) is 6.42 Å². The minimum atomic E-state index is -4.37. The molecule has 3 unspecified atom stereocenters. The maximum Gasteiger partial charge on any atom is 0.472 e. The van der Waals surface area contributed by atoms with Gasteiger partial charge in [0.15, 0.2) is 0 Å². The molecular weight excluding hydrogens is 389 g/mol. The van der Waals surface area contributed by atoms with Crippen molar-refractivity contribution in [1.82, 2.24) is 0 Å². The van der Waals surface area contributed by atoms with E-state index in [1.54, 1.807) is 6.92 Å². The van der Waals surface area contributed by atoms with E-state index < -0.39 is 32.2 Å². The summed E-state index contributed by atoms with van der Waals surface area (Å²) in [5, 5.41) is 0. The average molecular weight is 425 g/mol. The molecule has 0 aliphatic carbocycles. The van der Waals surface area contributed by atoms with Crippen molar-refractivity contribution in [3.05, 3.63) is 0 Å². The highest BCUT2D eigenvalue weighted by Crippen LogP contribution is 2.47. The van der Waals surface area contributed by atoms with Gasteiger partial charge in [-0.05, 0) is 41.5 Å². The molecule has 2 fully saturated rings. The number of phosphoric ester groups is 1. The summed E-state index contributed by atoms with van der Waals surface area (Å²) in [5.41, 5.74) is 6.10. The van der Waals surface area contributed by atoms with Gasteiger partial charge in [0.2, 0.25) is 0 Å². The zero-order chi connectivity index (χ0) is 21.1. The van der Waals surface area contributed by atoms with Gasteiger partial charge < -0.3 is 29.6 Å². The van der Waals surface area contributed by atoms with E-state index in [2.05, 4.69) is 0 Å². The minimum absolute atomic E-state index is 0.00652. The molecule has 8 atom stereocenters. The average Bonchev–Trinajstić information content (AvgIpc) is 3.04. The van der Waals surface area contributed by atoms with E-state index in [0.717, 1.165) is 0 Å². The Labute approximate surface area is 167 Å². The highest BCUT2D eigenvalue weighted by molar-refractivity contribution is 7.47. The predicted molar refractivity (Wildman–Crippen MR) is 103 cm³/mol. The molecule has 0 aromatic rings. The molecule has 0 saturated carbocycles. The second-order valence-electron chi connectivity index (χ2n) is 8.12. The summed E-state index contributed by atoms with van der Waals surface area (Å²) in [6, 6.07) is -0.565. The Bertz CT molecular complexity index is 534. The van der Waals surface area contributed by atoms with Crippen molar-refractivity contribution in [3.8, 4) is 0 Å². The third-order valence-corrected chi connectivity index (χ3v) is 5.75. The Kier molecular flexibility index (Phi) is 8.88. The number of hydrogen-bond acceptors (Lipinski definition) is 8. The quantitative estimate of drug-likeness (QED) is 0.507. The van der Waals surface area contributed by atoms with Crippen LogP contribution >= 0.6 is 7.82 Å². The number of phosphoric acid groups is 1. The van der Waals surface area contributed by atoms with Crippen LogP contribution < -0.4 is 5.73 Å². The fraction of sp³-hybridized carbons (Fsp3) is 1.00. The van der Waals surface area contributed by atoms with Crippen molar-refractivity contribution in [3.63, 3.8) is 0 Å². The summed E-state index contributed by atoms with van der Waals surface area (Å²) in [6.07, 6.45) is -1.60. The molecule has 28 heavy (non-hydrogen) atoms. The van der Waals surface area contributed by atoms with E-state index in [9.17, 15) is 9.46 Å². The Morgan fingerprint density at radius 2 is 1.79 bits per heavy atom. The fourth-order valence-electron chi connectivity index (χ4n) is 3.43. The molecule has 166 valence electrons. The lowest BCUT2D eigenvalue weighted by Gasteiger charge is -2.26. The Morgan fingerprint density at radius 3 is 2.39 bits per heavy atom. The van der Waals surface area contributed by atoms with Gasteiger partial charge in [0, 0.05) is 6.42 Å². The zero-order valence-electron chi connectivity index (χ0n) is 17.6. The molecule has 2 aliphatic heterocycles. The predicted octanol–water partition coefficient (Wildman–Crippen LogP) is 2.00. The third-order valence-electron chi connectivity index (χ3n) is 4.76. The van der Waals surface area contributed by atoms with Crippen LogP contribution in [0, 0.1) is 0 Å². The molecule has 2 saturated heterocycles. The topological polar surface area (TPSA) is 119 Å². The lowest BCUT2D eigenvalue weighted by atomic mass is 10.1. The molecular formula is C18H36NO8P. The first-order valence-corrected chi connectivity index (χ1v) is 11.5. The van der Waals surface area contributed by atoms with E-state index in [-0.39, 0.29) is 43.7 Å². The summed E-state index contributed by atoms with van der Waals surface area (Å²) >= 11 is 0. The van der Waals surface area contributed by atoms with Crippen LogP contribution in [-0.2, 0) is 32.6 Å². The van der Waals surface area contributed by atoms with Gasteiger partial charge in [0.25, 0.3) is 0 Å². The van der Waals surface area contributed by atoms with Crippen molar-refractivity contribution in [2.75, 3.05) is 13.2 Å². The molecule has 0 bridgehead atoms. The number of hydrogen-bond donors (Lipinski definition) is 2. The van der Waals surface area contributed by atoms with Crippen molar-refractivity contribution in [2.24, 2.45) is 5.73 Å². The normalized spacial score (nSPS) is 38.4. The van der Waals surface area contributed by atoms with E-state index in [1.807, 2.05) is 34.6 Å². The van der Waals surface area contributed by atoms with Crippen molar-refractivity contribution >= 4 is 7.82 Å². The van der Waals surface area contributed by atoms with Gasteiger partial charge in [-0.2, -0.15) is 0 Å². The maximum absolute atomic E-state index is 12.5. The van der Waals surface area contributed by atoms with Gasteiger partial charge in [-0.1, -0.05) is 0 Å². The standard InChI is InChI=1S/C18H36NO8P/c1-10(2)22-8-16-18(17(19)13(6)26-16)27-28(20,21)23-9-15-14(24-11(3)4)7-12(5)25-15/h10-18H,7-9,19H2,1-6H3,(H,20,21)/t12-,13-,14+,15?,16+,17?,18-/m0/s1. The summed E-state index contributed by atoms with van der Waals surface area (Å²) in [7, 11) is -4.37. The molecule has 0 amide bonds. The summed E-state index contributed by atoms with van der Waals surface area (Å²) in [4.78, 5) is 10.2. The van der Waals surface area contributed by atoms with Crippen LogP contribution in [0.4, 0.5) is 0 Å². The summed E-state index contributed by atoms with van der Waals surface area (Å²) < 4.78 is 46.0. The van der Waals surface area contributed by atoms with Gasteiger partial charge in [-0.3, -0.25) is 9.05 Å². The van der Waals surface area contributed by atoms with Crippen LogP contribution in [0.25, 0.3) is 0 Å². The van der Waals surface area contributed by atoms with E-state index >= 15 is 0 Å². The van der Waals surface area contributed by atoms with Crippen molar-refractivity contribution in [2.45, 2.75) is 103 Å². The van der Waals surface area contributed by atoms with E-state index in [1.165, 1.54) is 0 Å². The van der Waals surface area contributed by atoms with Gasteiger partial charge >= 0.3 is 7.82 Å². The largest absolute Gasteiger partial charge is 0.472 e. The molecule has 2 aliphatic rings. The van der Waals surface area contributed by atoms with Crippen LogP contribution in [0.15, 0.2) is 0 Å². The molecule has 10 heteroatoms. The molecule has 0 radical (unpaired) electrons. The Balaban J connectivity index is 1.93. The fourth-order valence-corrected chi connectivity index (χ4v) is 4.41. The summed E-state index contributed by atoms with van der Waals surface area (Å²) in [5.74, 6) is 0. The highest BCUT2D eigenvalue weighted by atomic mass is 31.2. The molecule has 0 aromatic carbocycles. The first kappa shape index (κ1) is 24.2. The monoisotopic (exact) mass is 425 g/mol. The number of nitrogens with two attached hydrogens (primary N) is 1. The van der Waals surface area contributed by atoms with Crippen LogP contribution in [0.2, 0.25) is 0 Å². The molecule has 2 rings (SSSR count). The second-order valence-corrected chi connectivity index (χ2v) is 9.52. The van der Waals surface area contributed by atoms with Crippen LogP contribution in [0.1, 0.15) is 48.0 Å². The lowest BCUT2D eigenvalue weighted by Crippen LogP contribution is -2.42. The van der Waals surface area contributed by atoms with Crippen LogP contribution in [0.5, 0.6) is 0 Å². The first-order valence-electron chi connectivity index (χ1n) is 9.97. The lowest BCUT2D eigenvalue weighted by molar-refractivity contribution is -0.0701. The summed E-state index contributed by atoms with van der Waals surface area (Å²) in [6.45, 7) is 11.5.